The second-order valence-electron chi connectivity index (χ2n) is 4.95. The Hall–Kier alpha value is -1.55. The van der Waals surface area contributed by atoms with Gasteiger partial charge in [-0.05, 0) is 37.6 Å². The molecule has 0 spiro atoms. The third kappa shape index (κ3) is 2.73. The van der Waals surface area contributed by atoms with E-state index in [0.29, 0.717) is 11.3 Å². The van der Waals surface area contributed by atoms with E-state index in [1.54, 1.807) is 0 Å². The normalized spacial score (nSPS) is 23.2. The number of pyridine rings is 1. The zero-order valence-electron chi connectivity index (χ0n) is 11.1. The highest BCUT2D eigenvalue weighted by Gasteiger charge is 2.18. The lowest BCUT2D eigenvalue weighted by atomic mass is 10.2. The van der Waals surface area contributed by atoms with Crippen molar-refractivity contribution in [2.45, 2.75) is 31.6 Å². The number of rotatable bonds is 1. The molecular weight excluding hydrogens is 254 g/mol. The van der Waals surface area contributed by atoms with E-state index in [1.165, 1.54) is 0 Å². The van der Waals surface area contributed by atoms with Crippen molar-refractivity contribution < 1.29 is 0 Å². The van der Waals surface area contributed by atoms with E-state index in [4.69, 9.17) is 0 Å². The Morgan fingerprint density at radius 3 is 2.95 bits per heavy atom. The number of nitrogens with one attached hydrogen (secondary N) is 1. The van der Waals surface area contributed by atoms with E-state index >= 15 is 0 Å². The average molecular weight is 271 g/mol. The summed E-state index contributed by atoms with van der Waals surface area (Å²) in [4.78, 5) is 9.06. The van der Waals surface area contributed by atoms with E-state index < -0.39 is 0 Å². The molecule has 2 heterocycles. The van der Waals surface area contributed by atoms with Crippen LogP contribution >= 0.6 is 11.8 Å². The molecule has 0 bridgehead atoms. The summed E-state index contributed by atoms with van der Waals surface area (Å²) in [5.41, 5.74) is 2.09. The van der Waals surface area contributed by atoms with E-state index in [9.17, 15) is 0 Å². The van der Waals surface area contributed by atoms with E-state index in [1.807, 2.05) is 36.2 Å². The van der Waals surface area contributed by atoms with Gasteiger partial charge in [-0.15, -0.1) is 0 Å². The van der Waals surface area contributed by atoms with E-state index in [2.05, 4.69) is 41.3 Å². The first-order valence-electron chi connectivity index (χ1n) is 6.57. The zero-order chi connectivity index (χ0) is 13.2. The second kappa shape index (κ2) is 5.21. The number of amidine groups is 1. The molecular formula is C15H17N3S. The number of anilines is 1. The van der Waals surface area contributed by atoms with Crippen LogP contribution in [-0.4, -0.2) is 21.4 Å². The molecule has 19 heavy (non-hydrogen) atoms. The van der Waals surface area contributed by atoms with E-state index in [0.717, 1.165) is 28.2 Å². The number of thioether (sulfide) groups is 1. The summed E-state index contributed by atoms with van der Waals surface area (Å²) < 4.78 is 0. The largest absolute Gasteiger partial charge is 0.334 e. The van der Waals surface area contributed by atoms with Gasteiger partial charge in [-0.1, -0.05) is 24.8 Å². The minimum Gasteiger partial charge on any atom is -0.334 e. The van der Waals surface area contributed by atoms with Crippen molar-refractivity contribution in [1.29, 1.82) is 0 Å². The van der Waals surface area contributed by atoms with Crippen molar-refractivity contribution in [3.63, 3.8) is 0 Å². The first-order chi connectivity index (χ1) is 9.22. The maximum atomic E-state index is 4.68. The molecule has 1 aliphatic heterocycles. The number of fused-ring (bicyclic) bond motifs is 1. The summed E-state index contributed by atoms with van der Waals surface area (Å²) in [7, 11) is 0. The van der Waals surface area contributed by atoms with Crippen molar-refractivity contribution in [1.82, 2.24) is 4.98 Å². The van der Waals surface area contributed by atoms with Crippen LogP contribution in [0, 0.1) is 0 Å². The summed E-state index contributed by atoms with van der Waals surface area (Å²) in [6, 6.07) is 10.6. The number of aromatic nitrogens is 1. The summed E-state index contributed by atoms with van der Waals surface area (Å²) in [5.74, 6) is 0. The average Bonchev–Trinajstić information content (AvgIpc) is 2.38. The fraction of sp³-hybridized carbons (Fsp3) is 0.333. The van der Waals surface area contributed by atoms with Gasteiger partial charge in [0.2, 0.25) is 0 Å². The van der Waals surface area contributed by atoms with Gasteiger partial charge >= 0.3 is 0 Å². The lowest BCUT2D eigenvalue weighted by molar-refractivity contribution is 0.661. The zero-order valence-corrected chi connectivity index (χ0v) is 11.9. The standard InChI is InChI=1S/C15H17N3S/c1-10-9-11(2)19-15(17-10)18-14-7-3-6-13-12(14)5-4-8-16-13/h3-8,10-11H,9H2,1-2H3,(H,17,18). The molecule has 3 rings (SSSR count). The highest BCUT2D eigenvalue weighted by Crippen LogP contribution is 2.28. The first-order valence-corrected chi connectivity index (χ1v) is 7.45. The molecule has 1 aromatic carbocycles. The highest BCUT2D eigenvalue weighted by molar-refractivity contribution is 8.14. The fourth-order valence-electron chi connectivity index (χ4n) is 2.39. The molecule has 2 aromatic rings. The molecule has 98 valence electrons. The minimum absolute atomic E-state index is 0.395. The Morgan fingerprint density at radius 2 is 2.11 bits per heavy atom. The Balaban J connectivity index is 1.93. The molecule has 3 nitrogen and oxygen atoms in total. The van der Waals surface area contributed by atoms with Crippen LogP contribution in [0.25, 0.3) is 10.9 Å². The van der Waals surface area contributed by atoms with Gasteiger partial charge < -0.3 is 5.32 Å². The number of aliphatic imine (C=N–C) groups is 1. The maximum absolute atomic E-state index is 4.68. The number of hydrogen-bond donors (Lipinski definition) is 1. The molecule has 0 aliphatic carbocycles. The van der Waals surface area contributed by atoms with Crippen molar-refractivity contribution in [2.75, 3.05) is 5.32 Å². The third-order valence-corrected chi connectivity index (χ3v) is 4.24. The molecule has 1 N–H and O–H groups in total. The summed E-state index contributed by atoms with van der Waals surface area (Å²) in [6.07, 6.45) is 2.97. The predicted molar refractivity (Wildman–Crippen MR) is 83.9 cm³/mol. The van der Waals surface area contributed by atoms with Gasteiger partial charge in [0.15, 0.2) is 5.17 Å². The van der Waals surface area contributed by atoms with Gasteiger partial charge in [-0.2, -0.15) is 0 Å². The third-order valence-electron chi connectivity index (χ3n) is 3.21. The summed E-state index contributed by atoms with van der Waals surface area (Å²) >= 11 is 1.81. The fourth-order valence-corrected chi connectivity index (χ4v) is 3.56. The van der Waals surface area contributed by atoms with Crippen LogP contribution in [0.5, 0.6) is 0 Å². The lowest BCUT2D eigenvalue weighted by Crippen LogP contribution is -2.22. The molecule has 4 heteroatoms. The van der Waals surface area contributed by atoms with Gasteiger partial charge in [-0.25, -0.2) is 0 Å². The Labute approximate surface area is 117 Å². The number of nitrogens with zero attached hydrogens (tertiary/aromatic N) is 2. The molecule has 1 aliphatic rings. The lowest BCUT2D eigenvalue weighted by Gasteiger charge is -2.23. The molecule has 0 radical (unpaired) electrons. The van der Waals surface area contributed by atoms with Crippen molar-refractivity contribution >= 4 is 33.5 Å². The number of benzene rings is 1. The molecule has 2 unspecified atom stereocenters. The quantitative estimate of drug-likeness (QED) is 0.854. The van der Waals surface area contributed by atoms with Gasteiger partial charge in [0.1, 0.15) is 0 Å². The monoisotopic (exact) mass is 271 g/mol. The predicted octanol–water partition coefficient (Wildman–Crippen LogP) is 3.92. The molecule has 2 atom stereocenters. The van der Waals surface area contributed by atoms with Crippen LogP contribution in [0.1, 0.15) is 20.3 Å². The summed E-state index contributed by atoms with van der Waals surface area (Å²) in [6.45, 7) is 4.42. The van der Waals surface area contributed by atoms with Crippen LogP contribution < -0.4 is 5.32 Å². The molecule has 0 amide bonds. The SMILES string of the molecule is CC1CC(C)SC(Nc2cccc3ncccc23)=N1. The highest BCUT2D eigenvalue weighted by atomic mass is 32.2. The van der Waals surface area contributed by atoms with Crippen LogP contribution in [0.4, 0.5) is 5.69 Å². The van der Waals surface area contributed by atoms with Crippen molar-refractivity contribution in [3.05, 3.63) is 36.5 Å². The van der Waals surface area contributed by atoms with E-state index in [-0.39, 0.29) is 0 Å². The van der Waals surface area contributed by atoms with Gasteiger partial charge in [-0.3, -0.25) is 9.98 Å². The van der Waals surface area contributed by atoms with Crippen LogP contribution in [-0.2, 0) is 0 Å². The molecule has 0 saturated carbocycles. The van der Waals surface area contributed by atoms with Gasteiger partial charge in [0.25, 0.3) is 0 Å². The minimum atomic E-state index is 0.395. The van der Waals surface area contributed by atoms with Crippen molar-refractivity contribution in [2.24, 2.45) is 4.99 Å². The summed E-state index contributed by atoms with van der Waals surface area (Å²) in [5, 5.41) is 6.23. The number of hydrogen-bond acceptors (Lipinski definition) is 4. The van der Waals surface area contributed by atoms with Gasteiger partial charge in [0, 0.05) is 22.5 Å². The van der Waals surface area contributed by atoms with Crippen LogP contribution in [0.3, 0.4) is 0 Å². The Bertz CT molecular complexity index is 618. The topological polar surface area (TPSA) is 37.3 Å². The maximum Gasteiger partial charge on any atom is 0.161 e. The Kier molecular flexibility index (Phi) is 3.42. The van der Waals surface area contributed by atoms with Crippen LogP contribution in [0.15, 0.2) is 41.5 Å². The van der Waals surface area contributed by atoms with Gasteiger partial charge in [0.05, 0.1) is 11.6 Å². The first kappa shape index (κ1) is 12.5. The smallest absolute Gasteiger partial charge is 0.161 e. The van der Waals surface area contributed by atoms with Crippen molar-refractivity contribution in [3.8, 4) is 0 Å². The molecule has 0 saturated heterocycles. The second-order valence-corrected chi connectivity index (χ2v) is 6.38. The van der Waals surface area contributed by atoms with Crippen LogP contribution in [0.2, 0.25) is 0 Å². The molecule has 0 fully saturated rings. The Morgan fingerprint density at radius 1 is 1.21 bits per heavy atom. The molecule has 1 aromatic heterocycles.